The molecule has 5 nitrogen and oxygen atoms in total. The number of hydrogen-bond acceptors (Lipinski definition) is 4. The summed E-state index contributed by atoms with van der Waals surface area (Å²) in [6.07, 6.45) is 2.51. The van der Waals surface area contributed by atoms with Crippen LogP contribution in [0.4, 0.5) is 0 Å². The number of carbonyl (C=O) groups is 1. The molecule has 2 heterocycles. The standard InChI is InChI=1S/C14H28N4O/c1-3-18-8-4-5-13(18)11-16(2)14(19)12-17-9-6-15-7-10-17/h13,15H,3-12H2,1-2H3. The summed E-state index contributed by atoms with van der Waals surface area (Å²) in [6.45, 7) is 9.96. The predicted octanol–water partition coefficient (Wildman–Crippen LogP) is -0.166. The molecule has 0 bridgehead atoms. The number of amides is 1. The van der Waals surface area contributed by atoms with Crippen LogP contribution >= 0.6 is 0 Å². The highest BCUT2D eigenvalue weighted by Gasteiger charge is 2.26. The minimum atomic E-state index is 0.268. The van der Waals surface area contributed by atoms with E-state index < -0.39 is 0 Å². The second-order valence-corrected chi connectivity index (χ2v) is 5.73. The van der Waals surface area contributed by atoms with E-state index in [0.29, 0.717) is 12.6 Å². The molecule has 0 saturated carbocycles. The van der Waals surface area contributed by atoms with Crippen molar-refractivity contribution < 1.29 is 4.79 Å². The van der Waals surface area contributed by atoms with Crippen LogP contribution in [0.15, 0.2) is 0 Å². The second-order valence-electron chi connectivity index (χ2n) is 5.73. The normalized spacial score (nSPS) is 25.7. The summed E-state index contributed by atoms with van der Waals surface area (Å²) >= 11 is 0. The molecule has 2 aliphatic rings. The number of nitrogens with zero attached hydrogens (tertiary/aromatic N) is 3. The minimum absolute atomic E-state index is 0.268. The number of hydrogen-bond donors (Lipinski definition) is 1. The topological polar surface area (TPSA) is 38.8 Å². The number of nitrogens with one attached hydrogen (secondary N) is 1. The first-order valence-corrected chi connectivity index (χ1v) is 7.61. The van der Waals surface area contributed by atoms with Gasteiger partial charge in [-0.3, -0.25) is 14.6 Å². The van der Waals surface area contributed by atoms with Gasteiger partial charge in [0.15, 0.2) is 0 Å². The molecule has 2 fully saturated rings. The Labute approximate surface area is 116 Å². The summed E-state index contributed by atoms with van der Waals surface area (Å²) < 4.78 is 0. The number of likely N-dealkylation sites (tertiary alicyclic amines) is 1. The fourth-order valence-electron chi connectivity index (χ4n) is 3.12. The van der Waals surface area contributed by atoms with Crippen molar-refractivity contribution in [3.05, 3.63) is 0 Å². The van der Waals surface area contributed by atoms with E-state index in [1.807, 2.05) is 11.9 Å². The number of piperazine rings is 1. The molecule has 1 N–H and O–H groups in total. The van der Waals surface area contributed by atoms with Gasteiger partial charge in [-0.05, 0) is 25.9 Å². The lowest BCUT2D eigenvalue weighted by Gasteiger charge is -2.31. The average Bonchev–Trinajstić information content (AvgIpc) is 2.87. The molecular formula is C14H28N4O. The molecule has 2 saturated heterocycles. The largest absolute Gasteiger partial charge is 0.343 e. The van der Waals surface area contributed by atoms with Crippen molar-refractivity contribution in [2.75, 3.05) is 59.4 Å². The first-order chi connectivity index (χ1) is 9.20. The van der Waals surface area contributed by atoms with Gasteiger partial charge in [0, 0.05) is 45.8 Å². The molecule has 1 unspecified atom stereocenters. The lowest BCUT2D eigenvalue weighted by molar-refractivity contribution is -0.131. The summed E-state index contributed by atoms with van der Waals surface area (Å²) in [5.74, 6) is 0.268. The molecule has 0 radical (unpaired) electrons. The van der Waals surface area contributed by atoms with Gasteiger partial charge in [-0.1, -0.05) is 6.92 Å². The van der Waals surface area contributed by atoms with E-state index in [1.165, 1.54) is 19.4 Å². The molecule has 2 rings (SSSR count). The number of rotatable bonds is 5. The molecule has 1 atom stereocenters. The Morgan fingerprint density at radius 1 is 1.32 bits per heavy atom. The maximum atomic E-state index is 12.2. The highest BCUT2D eigenvalue weighted by molar-refractivity contribution is 5.78. The molecule has 0 aromatic carbocycles. The first kappa shape index (κ1) is 14.8. The molecule has 110 valence electrons. The summed E-state index contributed by atoms with van der Waals surface area (Å²) in [7, 11) is 1.96. The Hall–Kier alpha value is -0.650. The molecule has 1 amide bonds. The van der Waals surface area contributed by atoms with Crippen molar-refractivity contribution in [1.29, 1.82) is 0 Å². The molecule has 0 spiro atoms. The SMILES string of the molecule is CCN1CCCC1CN(C)C(=O)CN1CCNCC1. The van der Waals surface area contributed by atoms with E-state index in [4.69, 9.17) is 0 Å². The van der Waals surface area contributed by atoms with E-state index in [-0.39, 0.29) is 5.91 Å². The summed E-state index contributed by atoms with van der Waals surface area (Å²) in [6, 6.07) is 0.571. The third-order valence-corrected chi connectivity index (χ3v) is 4.38. The molecule has 0 aromatic rings. The fraction of sp³-hybridized carbons (Fsp3) is 0.929. The molecule has 0 aliphatic carbocycles. The van der Waals surface area contributed by atoms with E-state index in [0.717, 1.165) is 39.3 Å². The Balaban J connectivity index is 1.75. The number of likely N-dealkylation sites (N-methyl/N-ethyl adjacent to an activating group) is 2. The van der Waals surface area contributed by atoms with Crippen LogP contribution < -0.4 is 5.32 Å². The molecular weight excluding hydrogens is 240 g/mol. The van der Waals surface area contributed by atoms with Gasteiger partial charge in [-0.2, -0.15) is 0 Å². The first-order valence-electron chi connectivity index (χ1n) is 7.61. The lowest BCUT2D eigenvalue weighted by Crippen LogP contribution is -2.49. The van der Waals surface area contributed by atoms with Crippen LogP contribution in [0.25, 0.3) is 0 Å². The predicted molar refractivity (Wildman–Crippen MR) is 77.2 cm³/mol. The van der Waals surface area contributed by atoms with E-state index in [9.17, 15) is 4.79 Å². The molecule has 5 heteroatoms. The van der Waals surface area contributed by atoms with E-state index in [2.05, 4.69) is 22.0 Å². The lowest BCUT2D eigenvalue weighted by atomic mass is 10.2. The zero-order valence-corrected chi connectivity index (χ0v) is 12.4. The molecule has 0 aromatic heterocycles. The van der Waals surface area contributed by atoms with Crippen LogP contribution in [-0.2, 0) is 4.79 Å². The Morgan fingerprint density at radius 2 is 2.05 bits per heavy atom. The van der Waals surface area contributed by atoms with Crippen molar-refractivity contribution in [3.63, 3.8) is 0 Å². The zero-order valence-electron chi connectivity index (χ0n) is 12.4. The second kappa shape index (κ2) is 7.22. The van der Waals surface area contributed by atoms with Gasteiger partial charge in [-0.15, -0.1) is 0 Å². The number of carbonyl (C=O) groups excluding carboxylic acids is 1. The summed E-state index contributed by atoms with van der Waals surface area (Å²) in [5.41, 5.74) is 0. The smallest absolute Gasteiger partial charge is 0.236 e. The summed E-state index contributed by atoms with van der Waals surface area (Å²) in [5, 5.41) is 3.32. The Kier molecular flexibility index (Phi) is 5.60. The molecule has 2 aliphatic heterocycles. The fourth-order valence-corrected chi connectivity index (χ4v) is 3.12. The van der Waals surface area contributed by atoms with Gasteiger partial charge in [0.2, 0.25) is 5.91 Å². The van der Waals surface area contributed by atoms with Gasteiger partial charge >= 0.3 is 0 Å². The van der Waals surface area contributed by atoms with Crippen LogP contribution in [-0.4, -0.2) is 86.1 Å². The Morgan fingerprint density at radius 3 is 2.74 bits per heavy atom. The van der Waals surface area contributed by atoms with Gasteiger partial charge in [0.25, 0.3) is 0 Å². The monoisotopic (exact) mass is 268 g/mol. The van der Waals surface area contributed by atoms with Crippen LogP contribution in [0.3, 0.4) is 0 Å². The van der Waals surface area contributed by atoms with E-state index in [1.54, 1.807) is 0 Å². The zero-order chi connectivity index (χ0) is 13.7. The van der Waals surface area contributed by atoms with Crippen molar-refractivity contribution in [3.8, 4) is 0 Å². The van der Waals surface area contributed by atoms with Crippen LogP contribution in [0, 0.1) is 0 Å². The summed E-state index contributed by atoms with van der Waals surface area (Å²) in [4.78, 5) is 18.9. The highest BCUT2D eigenvalue weighted by Crippen LogP contribution is 2.17. The quantitative estimate of drug-likeness (QED) is 0.752. The van der Waals surface area contributed by atoms with Crippen molar-refractivity contribution in [2.45, 2.75) is 25.8 Å². The van der Waals surface area contributed by atoms with Crippen LogP contribution in [0.2, 0.25) is 0 Å². The third kappa shape index (κ3) is 4.16. The van der Waals surface area contributed by atoms with Crippen LogP contribution in [0.5, 0.6) is 0 Å². The minimum Gasteiger partial charge on any atom is -0.343 e. The third-order valence-electron chi connectivity index (χ3n) is 4.38. The molecule has 19 heavy (non-hydrogen) atoms. The van der Waals surface area contributed by atoms with Crippen molar-refractivity contribution >= 4 is 5.91 Å². The van der Waals surface area contributed by atoms with E-state index >= 15 is 0 Å². The van der Waals surface area contributed by atoms with Gasteiger partial charge in [0.1, 0.15) is 0 Å². The van der Waals surface area contributed by atoms with Crippen molar-refractivity contribution in [1.82, 2.24) is 20.0 Å². The van der Waals surface area contributed by atoms with Crippen molar-refractivity contribution in [2.24, 2.45) is 0 Å². The maximum absolute atomic E-state index is 12.2. The van der Waals surface area contributed by atoms with Crippen LogP contribution in [0.1, 0.15) is 19.8 Å². The van der Waals surface area contributed by atoms with Gasteiger partial charge in [0.05, 0.1) is 6.54 Å². The maximum Gasteiger partial charge on any atom is 0.236 e. The average molecular weight is 268 g/mol. The Bertz CT molecular complexity index is 291. The highest BCUT2D eigenvalue weighted by atomic mass is 16.2. The van der Waals surface area contributed by atoms with Gasteiger partial charge in [-0.25, -0.2) is 0 Å². The van der Waals surface area contributed by atoms with Gasteiger partial charge < -0.3 is 10.2 Å².